The van der Waals surface area contributed by atoms with Gasteiger partial charge in [0.15, 0.2) is 0 Å². The number of benzene rings is 2. The summed E-state index contributed by atoms with van der Waals surface area (Å²) >= 11 is 0. The molecule has 0 atom stereocenters. The summed E-state index contributed by atoms with van der Waals surface area (Å²) in [6.07, 6.45) is 5.16. The van der Waals surface area contributed by atoms with Crippen molar-refractivity contribution in [2.24, 2.45) is 0 Å². The molecule has 0 bridgehead atoms. The van der Waals surface area contributed by atoms with Crippen molar-refractivity contribution < 1.29 is 4.74 Å². The Morgan fingerprint density at radius 2 is 1.90 bits per heavy atom. The van der Waals surface area contributed by atoms with Gasteiger partial charge < -0.3 is 4.74 Å². The van der Waals surface area contributed by atoms with E-state index in [0.29, 0.717) is 6.42 Å². The summed E-state index contributed by atoms with van der Waals surface area (Å²) in [5, 5.41) is 11.3. The number of unbranched alkanes of at least 4 members (excludes halogenated alkanes) is 3. The van der Waals surface area contributed by atoms with Crippen molar-refractivity contribution in [1.82, 2.24) is 0 Å². The first-order chi connectivity index (χ1) is 9.86. The molecule has 0 unspecified atom stereocenters. The van der Waals surface area contributed by atoms with Crippen molar-refractivity contribution >= 4 is 10.8 Å². The highest BCUT2D eigenvalue weighted by atomic mass is 16.5. The minimum Gasteiger partial charge on any atom is -0.493 e. The zero-order valence-electron chi connectivity index (χ0n) is 12.1. The standard InChI is InChI=1S/C18H21NO/c1-2-3-4-7-14-20-18-11-10-15-8-5-6-9-16(15)17(18)12-13-19/h5-6,8-11H,2-4,7,12,14H2,1H3. The normalized spacial score (nSPS) is 10.4. The molecule has 0 saturated heterocycles. The molecule has 0 aliphatic rings. The van der Waals surface area contributed by atoms with Crippen LogP contribution in [-0.2, 0) is 6.42 Å². The summed E-state index contributed by atoms with van der Waals surface area (Å²) in [7, 11) is 0. The van der Waals surface area contributed by atoms with Gasteiger partial charge in [0.25, 0.3) is 0 Å². The van der Waals surface area contributed by atoms with Crippen LogP contribution >= 0.6 is 0 Å². The van der Waals surface area contributed by atoms with E-state index in [-0.39, 0.29) is 0 Å². The summed E-state index contributed by atoms with van der Waals surface area (Å²) in [5.41, 5.74) is 1.01. The van der Waals surface area contributed by atoms with E-state index >= 15 is 0 Å². The Morgan fingerprint density at radius 3 is 2.70 bits per heavy atom. The first-order valence-corrected chi connectivity index (χ1v) is 7.37. The van der Waals surface area contributed by atoms with Crippen molar-refractivity contribution in [3.8, 4) is 11.8 Å². The average Bonchev–Trinajstić information content (AvgIpc) is 2.49. The molecule has 104 valence electrons. The van der Waals surface area contributed by atoms with Gasteiger partial charge in [0.05, 0.1) is 19.1 Å². The second-order valence-corrected chi connectivity index (χ2v) is 5.01. The maximum atomic E-state index is 9.04. The molecular weight excluding hydrogens is 246 g/mol. The van der Waals surface area contributed by atoms with Gasteiger partial charge in [0.2, 0.25) is 0 Å². The minimum absolute atomic E-state index is 0.394. The fraction of sp³-hybridized carbons (Fsp3) is 0.389. The maximum absolute atomic E-state index is 9.04. The van der Waals surface area contributed by atoms with Gasteiger partial charge in [-0.05, 0) is 23.3 Å². The number of nitrogens with zero attached hydrogens (tertiary/aromatic N) is 1. The highest BCUT2D eigenvalue weighted by Crippen LogP contribution is 2.28. The lowest BCUT2D eigenvalue weighted by molar-refractivity contribution is 0.303. The Bertz CT molecular complexity index is 598. The summed E-state index contributed by atoms with van der Waals surface area (Å²) in [6.45, 7) is 2.94. The molecule has 2 aromatic carbocycles. The van der Waals surface area contributed by atoms with E-state index in [2.05, 4.69) is 31.2 Å². The molecule has 2 nitrogen and oxygen atoms in total. The van der Waals surface area contributed by atoms with Crippen molar-refractivity contribution in [3.05, 3.63) is 42.0 Å². The van der Waals surface area contributed by atoms with Crippen LogP contribution in [0.3, 0.4) is 0 Å². The molecule has 0 aliphatic carbocycles. The summed E-state index contributed by atoms with van der Waals surface area (Å²) < 4.78 is 5.89. The van der Waals surface area contributed by atoms with Crippen LogP contribution in [0.1, 0.15) is 38.2 Å². The zero-order valence-corrected chi connectivity index (χ0v) is 12.1. The molecule has 20 heavy (non-hydrogen) atoms. The molecule has 0 fully saturated rings. The minimum atomic E-state index is 0.394. The second kappa shape index (κ2) is 7.55. The third-order valence-corrected chi connectivity index (χ3v) is 3.51. The Hall–Kier alpha value is -2.01. The predicted octanol–water partition coefficient (Wildman–Crippen LogP) is 4.86. The van der Waals surface area contributed by atoms with E-state index < -0.39 is 0 Å². The van der Waals surface area contributed by atoms with E-state index in [9.17, 15) is 0 Å². The van der Waals surface area contributed by atoms with E-state index in [1.807, 2.05) is 18.2 Å². The van der Waals surface area contributed by atoms with Crippen LogP contribution in [-0.4, -0.2) is 6.61 Å². The lowest BCUT2D eigenvalue weighted by atomic mass is 10.0. The number of fused-ring (bicyclic) bond motifs is 1. The molecule has 0 N–H and O–H groups in total. The molecule has 2 aromatic rings. The van der Waals surface area contributed by atoms with Crippen molar-refractivity contribution in [2.45, 2.75) is 39.0 Å². The first-order valence-electron chi connectivity index (χ1n) is 7.37. The van der Waals surface area contributed by atoms with Crippen LogP contribution in [0.2, 0.25) is 0 Å². The lowest BCUT2D eigenvalue weighted by Gasteiger charge is -2.12. The molecule has 0 amide bonds. The molecule has 2 heteroatoms. The number of hydrogen-bond acceptors (Lipinski definition) is 2. The third-order valence-electron chi connectivity index (χ3n) is 3.51. The van der Waals surface area contributed by atoms with E-state index in [1.165, 1.54) is 19.3 Å². The van der Waals surface area contributed by atoms with Gasteiger partial charge in [0.1, 0.15) is 5.75 Å². The van der Waals surface area contributed by atoms with Crippen LogP contribution in [0.4, 0.5) is 0 Å². The molecule has 0 aliphatic heterocycles. The number of nitriles is 1. The van der Waals surface area contributed by atoms with Gasteiger partial charge in [-0.1, -0.05) is 56.5 Å². The highest BCUT2D eigenvalue weighted by molar-refractivity contribution is 5.88. The topological polar surface area (TPSA) is 33.0 Å². The molecular formula is C18H21NO. The fourth-order valence-electron chi connectivity index (χ4n) is 2.42. The first kappa shape index (κ1) is 14.4. The van der Waals surface area contributed by atoms with Gasteiger partial charge in [0, 0.05) is 5.56 Å². The smallest absolute Gasteiger partial charge is 0.124 e. The third kappa shape index (κ3) is 3.51. The quantitative estimate of drug-likeness (QED) is 0.671. The number of ether oxygens (including phenoxy) is 1. The van der Waals surface area contributed by atoms with E-state index in [1.54, 1.807) is 0 Å². The number of rotatable bonds is 7. The summed E-state index contributed by atoms with van der Waals surface area (Å²) in [4.78, 5) is 0. The maximum Gasteiger partial charge on any atom is 0.124 e. The van der Waals surface area contributed by atoms with Crippen LogP contribution in [0.25, 0.3) is 10.8 Å². The van der Waals surface area contributed by atoms with Gasteiger partial charge >= 0.3 is 0 Å². The van der Waals surface area contributed by atoms with E-state index in [4.69, 9.17) is 10.00 Å². The molecule has 0 heterocycles. The zero-order chi connectivity index (χ0) is 14.2. The molecule has 0 radical (unpaired) electrons. The summed E-state index contributed by atoms with van der Waals surface area (Å²) in [5.74, 6) is 0.863. The van der Waals surface area contributed by atoms with Crippen molar-refractivity contribution in [1.29, 1.82) is 5.26 Å². The van der Waals surface area contributed by atoms with Crippen molar-refractivity contribution in [3.63, 3.8) is 0 Å². The van der Waals surface area contributed by atoms with Crippen LogP contribution in [0, 0.1) is 11.3 Å². The highest BCUT2D eigenvalue weighted by Gasteiger charge is 2.08. The predicted molar refractivity (Wildman–Crippen MR) is 82.9 cm³/mol. The van der Waals surface area contributed by atoms with Gasteiger partial charge in [-0.3, -0.25) is 0 Å². The van der Waals surface area contributed by atoms with E-state index in [0.717, 1.165) is 35.1 Å². The molecule has 0 aromatic heterocycles. The monoisotopic (exact) mass is 267 g/mol. The van der Waals surface area contributed by atoms with Gasteiger partial charge in [-0.2, -0.15) is 5.26 Å². The van der Waals surface area contributed by atoms with Crippen LogP contribution in [0.5, 0.6) is 5.75 Å². The Labute approximate surface area is 121 Å². The lowest BCUT2D eigenvalue weighted by Crippen LogP contribution is -2.00. The van der Waals surface area contributed by atoms with Gasteiger partial charge in [-0.15, -0.1) is 0 Å². The van der Waals surface area contributed by atoms with Crippen LogP contribution in [0.15, 0.2) is 36.4 Å². The summed E-state index contributed by atoms with van der Waals surface area (Å²) in [6, 6.07) is 14.5. The molecule has 0 saturated carbocycles. The largest absolute Gasteiger partial charge is 0.493 e. The Kier molecular flexibility index (Phi) is 5.43. The van der Waals surface area contributed by atoms with Crippen LogP contribution < -0.4 is 4.74 Å². The average molecular weight is 267 g/mol. The second-order valence-electron chi connectivity index (χ2n) is 5.01. The van der Waals surface area contributed by atoms with Crippen molar-refractivity contribution in [2.75, 3.05) is 6.61 Å². The molecule has 2 rings (SSSR count). The molecule has 0 spiro atoms. The SMILES string of the molecule is CCCCCCOc1ccc2ccccc2c1CC#N. The fourth-order valence-corrected chi connectivity index (χ4v) is 2.42. The Morgan fingerprint density at radius 1 is 1.05 bits per heavy atom. The van der Waals surface area contributed by atoms with Gasteiger partial charge in [-0.25, -0.2) is 0 Å². The Balaban J connectivity index is 2.15. The number of hydrogen-bond donors (Lipinski definition) is 0.